The van der Waals surface area contributed by atoms with Crippen LogP contribution in [0.4, 0.5) is 0 Å². The van der Waals surface area contributed by atoms with E-state index in [1.165, 1.54) is 19.3 Å². The van der Waals surface area contributed by atoms with Gasteiger partial charge in [0.2, 0.25) is 0 Å². The lowest BCUT2D eigenvalue weighted by Gasteiger charge is -2.69. The molecule has 0 heteroatoms. The molecule has 20 atom stereocenters. The van der Waals surface area contributed by atoms with Gasteiger partial charge >= 0.3 is 0 Å². The van der Waals surface area contributed by atoms with Crippen LogP contribution >= 0.6 is 0 Å². The predicted octanol–water partition coefficient (Wildman–Crippen LogP) is 29.9. The standard InChI is InChI=1S/C37H74.C26H54.C22H46.C2H6/c1-21-37(20,36(18,19)34(13,14)15)35(16,17)33-30(12)32(31(33)23(4)5)29(11)28(10)27(9)26(8)25(7)24(6)22(2)3;1-16-25(12,13)26(14,15)23(8)21(6)19(4)17(2)18(3)20(5)22(7)24(9,10)11;1-15-16(2)17(3)19(7,8)21(11,12)22(13,14)20(9,10)18(4,5)6;1-2/h22-33H,21H2,1-20H3;17-23H,16H2,1-15H3;16-17H,15H2,1-14H3;1-2H3. The van der Waals surface area contributed by atoms with Gasteiger partial charge in [-0.05, 0) is 196 Å². The molecular formula is C87H180. The van der Waals surface area contributed by atoms with Gasteiger partial charge in [0.25, 0.3) is 0 Å². The summed E-state index contributed by atoms with van der Waals surface area (Å²) in [6.07, 6.45) is 3.76. The highest BCUT2D eigenvalue weighted by Crippen LogP contribution is 2.71. The normalized spacial score (nSPS) is 24.2. The van der Waals surface area contributed by atoms with Gasteiger partial charge in [0.05, 0.1) is 0 Å². The highest BCUT2D eigenvalue weighted by Gasteiger charge is 2.65. The topological polar surface area (TPSA) is 0 Å². The molecule has 0 spiro atoms. The van der Waals surface area contributed by atoms with Crippen LogP contribution in [0.25, 0.3) is 0 Å². The van der Waals surface area contributed by atoms with Crippen LogP contribution in [0.15, 0.2) is 0 Å². The first-order valence-corrected chi connectivity index (χ1v) is 38.3. The van der Waals surface area contributed by atoms with Crippen molar-refractivity contribution in [2.45, 2.75) is 372 Å². The first-order chi connectivity index (χ1) is 38.3. The smallest absolute Gasteiger partial charge is 0.0218 e. The van der Waals surface area contributed by atoms with Crippen LogP contribution in [-0.4, -0.2) is 0 Å². The molecular weight excluding hydrogens is 1040 g/mol. The molecule has 0 saturated heterocycles. The summed E-state index contributed by atoms with van der Waals surface area (Å²) in [5, 5.41) is 0. The molecule has 1 rings (SSSR count). The zero-order valence-corrected chi connectivity index (χ0v) is 71.2. The molecule has 528 valence electrons. The Bertz CT molecular complexity index is 1900. The van der Waals surface area contributed by atoms with E-state index in [2.05, 4.69) is 339 Å². The molecule has 20 unspecified atom stereocenters. The van der Waals surface area contributed by atoms with Gasteiger partial charge in [-0.25, -0.2) is 0 Å². The molecule has 0 amide bonds. The Morgan fingerprint density at radius 1 is 0.322 bits per heavy atom. The van der Waals surface area contributed by atoms with Crippen LogP contribution in [0.2, 0.25) is 0 Å². The van der Waals surface area contributed by atoms with Gasteiger partial charge in [-0.1, -0.05) is 366 Å². The van der Waals surface area contributed by atoms with Crippen LogP contribution in [0.5, 0.6) is 0 Å². The average molecular weight is 1230 g/mol. The van der Waals surface area contributed by atoms with Gasteiger partial charge in [0.15, 0.2) is 0 Å². The van der Waals surface area contributed by atoms with E-state index >= 15 is 0 Å². The van der Waals surface area contributed by atoms with E-state index in [0.29, 0.717) is 22.2 Å². The largest absolute Gasteiger partial charge is 0.0683 e. The van der Waals surface area contributed by atoms with Crippen molar-refractivity contribution in [3.05, 3.63) is 0 Å². The Labute approximate surface area is 558 Å². The molecule has 0 aromatic heterocycles. The van der Waals surface area contributed by atoms with E-state index in [0.717, 1.165) is 118 Å². The van der Waals surface area contributed by atoms with Crippen molar-refractivity contribution >= 4 is 0 Å². The van der Waals surface area contributed by atoms with Crippen LogP contribution in [0.3, 0.4) is 0 Å². The quantitative estimate of drug-likeness (QED) is 0.0769. The molecule has 0 bridgehead atoms. The van der Waals surface area contributed by atoms with Crippen molar-refractivity contribution in [2.24, 2.45) is 189 Å². The summed E-state index contributed by atoms with van der Waals surface area (Å²) in [6, 6.07) is 0. The van der Waals surface area contributed by atoms with Crippen LogP contribution in [0, 0.1) is 189 Å². The Balaban J connectivity index is -0.00000125. The third kappa shape index (κ3) is 18.7. The maximum atomic E-state index is 2.66. The third-order valence-electron chi connectivity index (χ3n) is 34.1. The Morgan fingerprint density at radius 2 is 0.655 bits per heavy atom. The van der Waals surface area contributed by atoms with Gasteiger partial charge < -0.3 is 0 Å². The lowest BCUT2D eigenvalue weighted by Crippen LogP contribution is -2.64. The van der Waals surface area contributed by atoms with E-state index in [9.17, 15) is 0 Å². The first kappa shape index (κ1) is 91.2. The predicted molar refractivity (Wildman–Crippen MR) is 406 cm³/mol. The third-order valence-corrected chi connectivity index (χ3v) is 34.1. The van der Waals surface area contributed by atoms with Gasteiger partial charge in [-0.15, -0.1) is 0 Å². The van der Waals surface area contributed by atoms with Crippen molar-refractivity contribution in [2.75, 3.05) is 0 Å². The molecule has 87 heavy (non-hydrogen) atoms. The van der Waals surface area contributed by atoms with Crippen LogP contribution in [0.1, 0.15) is 372 Å². The Hall–Kier alpha value is 0. The van der Waals surface area contributed by atoms with E-state index < -0.39 is 0 Å². The molecule has 0 aromatic carbocycles. The summed E-state index contributed by atoms with van der Waals surface area (Å²) in [7, 11) is 0. The van der Waals surface area contributed by atoms with Gasteiger partial charge in [0.1, 0.15) is 0 Å². The number of hydrogen-bond donors (Lipinski definition) is 0. The summed E-state index contributed by atoms with van der Waals surface area (Å²) in [4.78, 5) is 0. The summed E-state index contributed by atoms with van der Waals surface area (Å²) in [6.45, 7) is 126. The second kappa shape index (κ2) is 32.6. The summed E-state index contributed by atoms with van der Waals surface area (Å²) in [5.74, 6) is 16.1. The number of hydrogen-bond acceptors (Lipinski definition) is 0. The number of rotatable bonds is 27. The zero-order chi connectivity index (χ0) is 71.2. The minimum absolute atomic E-state index is 0.226. The lowest BCUT2D eigenvalue weighted by molar-refractivity contribution is -0.215. The van der Waals surface area contributed by atoms with Crippen molar-refractivity contribution < 1.29 is 0 Å². The Morgan fingerprint density at radius 3 is 0.954 bits per heavy atom. The van der Waals surface area contributed by atoms with Gasteiger partial charge in [-0.3, -0.25) is 0 Å². The van der Waals surface area contributed by atoms with E-state index in [1.807, 2.05) is 13.8 Å². The summed E-state index contributed by atoms with van der Waals surface area (Å²) < 4.78 is 0. The average Bonchev–Trinajstić information content (AvgIpc) is 0.994. The molecule has 0 heterocycles. The van der Waals surface area contributed by atoms with E-state index in [1.54, 1.807) is 0 Å². The fraction of sp³-hybridized carbons (Fsp3) is 1.00. The molecule has 0 aromatic rings. The molecule has 0 radical (unpaired) electrons. The van der Waals surface area contributed by atoms with Crippen molar-refractivity contribution in [3.63, 3.8) is 0 Å². The fourth-order valence-electron chi connectivity index (χ4n) is 18.7. The molecule has 0 aliphatic heterocycles. The molecule has 1 aliphatic rings. The molecule has 1 fully saturated rings. The van der Waals surface area contributed by atoms with E-state index in [-0.39, 0.29) is 48.7 Å². The second-order valence-corrected chi connectivity index (χ2v) is 40.7. The monoisotopic (exact) mass is 1230 g/mol. The SMILES string of the molecule is CC.CCC(C)(C(C)(C)C1C(C)C(C(C)C(C)C(C)C(C)C(C)C(C)C(C)C)C1C(C)C)C(C)(C)C(C)(C)C.CCC(C)(C)C(C)(C)C(C)C(C)C(C)C(C)C(C)C(C)C(C)C(C)(C)C.CCC(C)C(C)C(C)(C)C(C)(C)C(C)(C)C(C)(C)C(C)(C)C. The second-order valence-electron chi connectivity index (χ2n) is 40.7. The van der Waals surface area contributed by atoms with E-state index in [4.69, 9.17) is 0 Å². The lowest BCUT2D eigenvalue weighted by atomic mass is 9.35. The maximum absolute atomic E-state index is 2.66. The highest BCUT2D eigenvalue weighted by molar-refractivity contribution is 5.13. The highest BCUT2D eigenvalue weighted by atomic mass is 14.7. The summed E-state index contributed by atoms with van der Waals surface area (Å²) in [5.41, 5.74) is 3.47. The maximum Gasteiger partial charge on any atom is -0.0218 e. The minimum Gasteiger partial charge on any atom is -0.0683 e. The van der Waals surface area contributed by atoms with Gasteiger partial charge in [-0.2, -0.15) is 0 Å². The Kier molecular flexibility index (Phi) is 34.2. The van der Waals surface area contributed by atoms with Crippen molar-refractivity contribution in [1.82, 2.24) is 0 Å². The molecule has 1 saturated carbocycles. The summed E-state index contributed by atoms with van der Waals surface area (Å²) >= 11 is 0. The van der Waals surface area contributed by atoms with Crippen molar-refractivity contribution in [1.29, 1.82) is 0 Å². The minimum atomic E-state index is 0.226. The first-order valence-electron chi connectivity index (χ1n) is 38.3. The fourth-order valence-corrected chi connectivity index (χ4v) is 18.7. The van der Waals surface area contributed by atoms with Crippen LogP contribution in [-0.2, 0) is 0 Å². The van der Waals surface area contributed by atoms with Crippen molar-refractivity contribution in [3.8, 4) is 0 Å². The zero-order valence-electron chi connectivity index (χ0n) is 71.2. The van der Waals surface area contributed by atoms with Crippen LogP contribution < -0.4 is 0 Å². The molecule has 0 nitrogen and oxygen atoms in total. The molecule has 1 aliphatic carbocycles. The molecule has 0 N–H and O–H groups in total. The van der Waals surface area contributed by atoms with Gasteiger partial charge in [0, 0.05) is 0 Å².